The summed E-state index contributed by atoms with van der Waals surface area (Å²) in [6.07, 6.45) is 3.55. The number of nitrogens with zero attached hydrogens (tertiary/aromatic N) is 7. The van der Waals surface area contributed by atoms with Gasteiger partial charge in [0.15, 0.2) is 0 Å². The second-order valence-corrected chi connectivity index (χ2v) is 6.26. The van der Waals surface area contributed by atoms with Crippen LogP contribution in [0.1, 0.15) is 16.8 Å². The molecule has 0 saturated carbocycles. The van der Waals surface area contributed by atoms with Crippen molar-refractivity contribution in [3.05, 3.63) is 71.7 Å². The number of hydrogen-bond acceptors (Lipinski definition) is 7. The van der Waals surface area contributed by atoms with Gasteiger partial charge in [-0.2, -0.15) is 5.26 Å². The molecular formula is C20H16N8. The van der Waals surface area contributed by atoms with Crippen LogP contribution in [-0.4, -0.2) is 29.9 Å². The number of benzene rings is 1. The minimum atomic E-state index is 0.130. The van der Waals surface area contributed by atoms with Crippen molar-refractivity contribution >= 4 is 5.95 Å². The second kappa shape index (κ2) is 7.25. The summed E-state index contributed by atoms with van der Waals surface area (Å²) < 4.78 is 1.71. The van der Waals surface area contributed by atoms with Crippen molar-refractivity contribution in [1.82, 2.24) is 29.9 Å². The van der Waals surface area contributed by atoms with Gasteiger partial charge in [-0.25, -0.2) is 14.6 Å². The van der Waals surface area contributed by atoms with Crippen LogP contribution in [0.25, 0.3) is 22.6 Å². The summed E-state index contributed by atoms with van der Waals surface area (Å²) in [5.41, 5.74) is 11.0. The van der Waals surface area contributed by atoms with Gasteiger partial charge in [0.25, 0.3) is 0 Å². The Morgan fingerprint density at radius 2 is 1.93 bits per heavy atom. The number of nitriles is 1. The van der Waals surface area contributed by atoms with Crippen LogP contribution >= 0.6 is 0 Å². The Morgan fingerprint density at radius 3 is 2.75 bits per heavy atom. The van der Waals surface area contributed by atoms with Gasteiger partial charge in [0, 0.05) is 11.8 Å². The number of aromatic nitrogens is 6. The third kappa shape index (κ3) is 3.54. The minimum absolute atomic E-state index is 0.130. The maximum Gasteiger partial charge on any atom is 0.221 e. The van der Waals surface area contributed by atoms with Gasteiger partial charge in [0.2, 0.25) is 5.95 Å². The van der Waals surface area contributed by atoms with E-state index in [9.17, 15) is 0 Å². The predicted octanol–water partition coefficient (Wildman–Crippen LogP) is 2.61. The average Bonchev–Trinajstić information content (AvgIpc) is 3.18. The van der Waals surface area contributed by atoms with Gasteiger partial charge in [-0.05, 0) is 36.8 Å². The topological polar surface area (TPSA) is 119 Å². The van der Waals surface area contributed by atoms with Gasteiger partial charge in [0.05, 0.1) is 41.5 Å². The number of nitrogen functional groups attached to an aromatic ring is 1. The van der Waals surface area contributed by atoms with Crippen LogP contribution in [0.3, 0.4) is 0 Å². The fourth-order valence-corrected chi connectivity index (χ4v) is 2.82. The van der Waals surface area contributed by atoms with E-state index < -0.39 is 0 Å². The third-order valence-electron chi connectivity index (χ3n) is 4.26. The predicted molar refractivity (Wildman–Crippen MR) is 104 cm³/mol. The zero-order valence-corrected chi connectivity index (χ0v) is 15.1. The lowest BCUT2D eigenvalue weighted by Crippen LogP contribution is -2.04. The van der Waals surface area contributed by atoms with Crippen LogP contribution in [0.15, 0.2) is 54.9 Å². The van der Waals surface area contributed by atoms with Gasteiger partial charge in [-0.3, -0.25) is 4.98 Å². The quantitative estimate of drug-likeness (QED) is 0.588. The fourth-order valence-electron chi connectivity index (χ4n) is 2.82. The Morgan fingerprint density at radius 1 is 1.07 bits per heavy atom. The number of anilines is 1. The molecule has 0 aliphatic heterocycles. The van der Waals surface area contributed by atoms with E-state index in [-0.39, 0.29) is 5.95 Å². The lowest BCUT2D eigenvalue weighted by Gasteiger charge is -2.05. The van der Waals surface area contributed by atoms with E-state index in [2.05, 4.69) is 31.3 Å². The van der Waals surface area contributed by atoms with Crippen LogP contribution in [0.4, 0.5) is 5.95 Å². The maximum atomic E-state index is 9.11. The Labute approximate surface area is 161 Å². The number of aryl methyl sites for hydroxylation is 1. The van der Waals surface area contributed by atoms with E-state index in [0.29, 0.717) is 29.2 Å². The maximum absolute atomic E-state index is 9.11. The molecule has 136 valence electrons. The molecule has 28 heavy (non-hydrogen) atoms. The highest BCUT2D eigenvalue weighted by Gasteiger charge is 2.12. The van der Waals surface area contributed by atoms with Crippen LogP contribution in [-0.2, 0) is 6.54 Å². The van der Waals surface area contributed by atoms with Crippen molar-refractivity contribution in [3.8, 4) is 28.7 Å². The third-order valence-corrected chi connectivity index (χ3v) is 4.26. The van der Waals surface area contributed by atoms with E-state index >= 15 is 0 Å². The highest BCUT2D eigenvalue weighted by Crippen LogP contribution is 2.24. The Balaban J connectivity index is 1.67. The van der Waals surface area contributed by atoms with Crippen molar-refractivity contribution < 1.29 is 0 Å². The highest BCUT2D eigenvalue weighted by atomic mass is 15.4. The molecule has 0 aliphatic rings. The van der Waals surface area contributed by atoms with E-state index in [0.717, 1.165) is 16.8 Å². The SMILES string of the molecule is Cc1cccnc1Cn1cc(-c2cc(-c3cccc(C#N)c3)nc(N)n2)nn1. The summed E-state index contributed by atoms with van der Waals surface area (Å²) in [6, 6.07) is 15.0. The van der Waals surface area contributed by atoms with E-state index in [4.69, 9.17) is 11.0 Å². The largest absolute Gasteiger partial charge is 0.368 e. The van der Waals surface area contributed by atoms with Crippen molar-refractivity contribution in [2.45, 2.75) is 13.5 Å². The Kier molecular flexibility index (Phi) is 4.48. The molecule has 0 saturated heterocycles. The standard InChI is InChI=1S/C20H16N8/c1-13-4-3-7-23-18(13)11-28-12-19(26-27-28)17-9-16(24-20(22)25-17)15-6-2-5-14(8-15)10-21/h2-9,12H,11H2,1H3,(H2,22,24,25). The van der Waals surface area contributed by atoms with Crippen LogP contribution in [0.2, 0.25) is 0 Å². The minimum Gasteiger partial charge on any atom is -0.368 e. The van der Waals surface area contributed by atoms with Crippen molar-refractivity contribution in [1.29, 1.82) is 5.26 Å². The van der Waals surface area contributed by atoms with Crippen molar-refractivity contribution in [2.24, 2.45) is 0 Å². The zero-order valence-electron chi connectivity index (χ0n) is 15.1. The number of pyridine rings is 1. The molecule has 8 heteroatoms. The van der Waals surface area contributed by atoms with Gasteiger partial charge < -0.3 is 5.73 Å². The average molecular weight is 368 g/mol. The lowest BCUT2D eigenvalue weighted by atomic mass is 10.1. The molecule has 0 atom stereocenters. The first-order chi connectivity index (χ1) is 13.6. The molecule has 8 nitrogen and oxygen atoms in total. The second-order valence-electron chi connectivity index (χ2n) is 6.26. The lowest BCUT2D eigenvalue weighted by molar-refractivity contribution is 0.636. The summed E-state index contributed by atoms with van der Waals surface area (Å²) in [5.74, 6) is 0.130. The molecule has 3 heterocycles. The Hall–Kier alpha value is -4.12. The first-order valence-electron chi connectivity index (χ1n) is 8.58. The molecular weight excluding hydrogens is 352 g/mol. The van der Waals surface area contributed by atoms with Crippen LogP contribution < -0.4 is 5.73 Å². The van der Waals surface area contributed by atoms with E-state index in [1.165, 1.54) is 0 Å². The van der Waals surface area contributed by atoms with Crippen molar-refractivity contribution in [3.63, 3.8) is 0 Å². The smallest absolute Gasteiger partial charge is 0.221 e. The highest BCUT2D eigenvalue weighted by molar-refractivity contribution is 5.68. The molecule has 0 aliphatic carbocycles. The molecule has 4 aromatic rings. The van der Waals surface area contributed by atoms with Crippen LogP contribution in [0.5, 0.6) is 0 Å². The Bertz CT molecular complexity index is 1190. The molecule has 0 radical (unpaired) electrons. The monoisotopic (exact) mass is 368 g/mol. The van der Waals surface area contributed by atoms with Crippen LogP contribution in [0, 0.1) is 18.3 Å². The summed E-state index contributed by atoms with van der Waals surface area (Å²) in [4.78, 5) is 12.9. The number of nitrogens with two attached hydrogens (primary N) is 1. The summed E-state index contributed by atoms with van der Waals surface area (Å²) in [5, 5.41) is 17.5. The summed E-state index contributed by atoms with van der Waals surface area (Å²) >= 11 is 0. The first-order valence-corrected chi connectivity index (χ1v) is 8.58. The normalized spacial score (nSPS) is 10.6. The molecule has 4 rings (SSSR count). The van der Waals surface area contributed by atoms with E-state index in [1.54, 1.807) is 41.3 Å². The molecule has 0 unspecified atom stereocenters. The summed E-state index contributed by atoms with van der Waals surface area (Å²) in [6.45, 7) is 2.52. The van der Waals surface area contributed by atoms with E-state index in [1.807, 2.05) is 25.1 Å². The van der Waals surface area contributed by atoms with Gasteiger partial charge in [-0.1, -0.05) is 23.4 Å². The molecule has 0 amide bonds. The summed E-state index contributed by atoms with van der Waals surface area (Å²) in [7, 11) is 0. The number of rotatable bonds is 4. The first kappa shape index (κ1) is 17.3. The van der Waals surface area contributed by atoms with Crippen molar-refractivity contribution in [2.75, 3.05) is 5.73 Å². The molecule has 3 aromatic heterocycles. The fraction of sp³-hybridized carbons (Fsp3) is 0.100. The van der Waals surface area contributed by atoms with Gasteiger partial charge in [0.1, 0.15) is 5.69 Å². The molecule has 1 aromatic carbocycles. The molecule has 2 N–H and O–H groups in total. The van der Waals surface area contributed by atoms with Gasteiger partial charge in [-0.15, -0.1) is 5.10 Å². The molecule has 0 fully saturated rings. The zero-order chi connectivity index (χ0) is 19.5. The number of hydrogen-bond donors (Lipinski definition) is 1. The molecule has 0 bridgehead atoms. The van der Waals surface area contributed by atoms with Gasteiger partial charge >= 0.3 is 0 Å². The molecule has 0 spiro atoms.